The molecular weight excluding hydrogens is 244 g/mol. The number of aryl methyl sites for hydroxylation is 1. The summed E-state index contributed by atoms with van der Waals surface area (Å²) in [5.74, 6) is 0.860. The minimum absolute atomic E-state index is 0. The zero-order chi connectivity index (χ0) is 14.4. The van der Waals surface area contributed by atoms with E-state index in [0.29, 0.717) is 0 Å². The third-order valence-corrected chi connectivity index (χ3v) is 4.18. The standard InChI is InChI=1S/C9H10N2.C9H16.H2/c1-2-8-4-3-6-11-7-5-10-9(8)11;1-8(2)9-6-4-3-5-7-9;/h3-7H,2H2,1H3;9H,1,3-7H2,2H3;1H. The van der Waals surface area contributed by atoms with Crippen molar-refractivity contribution in [2.75, 3.05) is 0 Å². The Balaban J connectivity index is 0.000000205. The van der Waals surface area contributed by atoms with Gasteiger partial charge >= 0.3 is 0 Å². The van der Waals surface area contributed by atoms with Gasteiger partial charge in [-0.15, -0.1) is 0 Å². The lowest BCUT2D eigenvalue weighted by atomic mass is 9.85. The number of hydrogen-bond donors (Lipinski definition) is 0. The van der Waals surface area contributed by atoms with Gasteiger partial charge in [0.2, 0.25) is 0 Å². The second-order valence-corrected chi connectivity index (χ2v) is 5.73. The summed E-state index contributed by atoms with van der Waals surface area (Å²) in [7, 11) is 0. The van der Waals surface area contributed by atoms with E-state index in [-0.39, 0.29) is 1.43 Å². The molecule has 0 spiro atoms. The van der Waals surface area contributed by atoms with Crippen LogP contribution in [0.15, 0.2) is 42.9 Å². The van der Waals surface area contributed by atoms with E-state index in [4.69, 9.17) is 0 Å². The number of nitrogens with zero attached hydrogens (tertiary/aromatic N) is 2. The highest BCUT2D eigenvalue weighted by molar-refractivity contribution is 5.47. The molecule has 0 radical (unpaired) electrons. The number of aromatic nitrogens is 2. The maximum Gasteiger partial charge on any atom is 0.139 e. The predicted octanol–water partition coefficient (Wildman–Crippen LogP) is 5.29. The van der Waals surface area contributed by atoms with Crippen molar-refractivity contribution < 1.29 is 1.43 Å². The van der Waals surface area contributed by atoms with E-state index in [1.54, 1.807) is 0 Å². The molecule has 0 atom stereocenters. The highest BCUT2D eigenvalue weighted by Gasteiger charge is 2.12. The first-order valence-electron chi connectivity index (χ1n) is 7.78. The highest BCUT2D eigenvalue weighted by atomic mass is 15.0. The average molecular weight is 272 g/mol. The Morgan fingerprint density at radius 3 is 2.70 bits per heavy atom. The number of allylic oxidation sites excluding steroid dienone is 1. The predicted molar refractivity (Wildman–Crippen MR) is 88.1 cm³/mol. The fourth-order valence-electron chi connectivity index (χ4n) is 2.88. The van der Waals surface area contributed by atoms with Crippen LogP contribution in [0, 0.1) is 5.92 Å². The van der Waals surface area contributed by atoms with Crippen LogP contribution in [0.4, 0.5) is 0 Å². The van der Waals surface area contributed by atoms with Crippen LogP contribution in [-0.4, -0.2) is 9.38 Å². The maximum atomic E-state index is 4.25. The van der Waals surface area contributed by atoms with Crippen LogP contribution in [0.2, 0.25) is 0 Å². The SMILES string of the molecule is C=C(C)C1CCCCC1.CCc1cccn2ccnc12.[HH]. The fourth-order valence-corrected chi connectivity index (χ4v) is 2.88. The van der Waals surface area contributed by atoms with Gasteiger partial charge in [0.15, 0.2) is 0 Å². The summed E-state index contributed by atoms with van der Waals surface area (Å²) in [5.41, 5.74) is 3.78. The first-order chi connectivity index (χ1) is 9.72. The van der Waals surface area contributed by atoms with Crippen LogP contribution in [-0.2, 0) is 6.42 Å². The molecule has 3 rings (SSSR count). The van der Waals surface area contributed by atoms with Crippen molar-refractivity contribution in [3.63, 3.8) is 0 Å². The van der Waals surface area contributed by atoms with Gasteiger partial charge in [0, 0.05) is 20.0 Å². The maximum absolute atomic E-state index is 4.25. The highest BCUT2D eigenvalue weighted by Crippen LogP contribution is 2.28. The molecule has 0 unspecified atom stereocenters. The molecule has 2 heteroatoms. The normalized spacial score (nSPS) is 15.7. The molecule has 1 aliphatic carbocycles. The van der Waals surface area contributed by atoms with Crippen molar-refractivity contribution >= 4 is 5.65 Å². The average Bonchev–Trinajstić information content (AvgIpc) is 2.97. The summed E-state index contributed by atoms with van der Waals surface area (Å²) in [4.78, 5) is 4.25. The lowest BCUT2D eigenvalue weighted by Crippen LogP contribution is -2.05. The Morgan fingerprint density at radius 2 is 2.10 bits per heavy atom. The molecule has 0 bridgehead atoms. The van der Waals surface area contributed by atoms with Gasteiger partial charge < -0.3 is 4.40 Å². The molecule has 1 fully saturated rings. The van der Waals surface area contributed by atoms with Gasteiger partial charge in [0.1, 0.15) is 5.65 Å². The zero-order valence-corrected chi connectivity index (χ0v) is 12.8. The van der Waals surface area contributed by atoms with E-state index >= 15 is 0 Å². The van der Waals surface area contributed by atoms with E-state index < -0.39 is 0 Å². The van der Waals surface area contributed by atoms with Gasteiger partial charge in [0.05, 0.1) is 0 Å². The number of hydrogen-bond acceptors (Lipinski definition) is 1. The number of fused-ring (bicyclic) bond motifs is 1. The van der Waals surface area contributed by atoms with Crippen molar-refractivity contribution in [1.29, 1.82) is 0 Å². The molecule has 2 heterocycles. The van der Waals surface area contributed by atoms with Crippen LogP contribution in [0.5, 0.6) is 0 Å². The summed E-state index contributed by atoms with van der Waals surface area (Å²) in [6, 6.07) is 4.16. The topological polar surface area (TPSA) is 17.3 Å². The third-order valence-electron chi connectivity index (χ3n) is 4.18. The molecular formula is C18H28N2. The molecule has 0 saturated heterocycles. The van der Waals surface area contributed by atoms with Gasteiger partial charge in [-0.2, -0.15) is 0 Å². The molecule has 0 N–H and O–H groups in total. The molecule has 1 aliphatic rings. The fraction of sp³-hybridized carbons (Fsp3) is 0.500. The first kappa shape index (κ1) is 14.8. The van der Waals surface area contributed by atoms with Crippen LogP contribution in [0.25, 0.3) is 5.65 Å². The van der Waals surface area contributed by atoms with E-state index in [9.17, 15) is 0 Å². The van der Waals surface area contributed by atoms with Gasteiger partial charge in [-0.3, -0.25) is 0 Å². The number of imidazole rings is 1. The Morgan fingerprint density at radius 1 is 1.35 bits per heavy atom. The summed E-state index contributed by atoms with van der Waals surface area (Å²) in [6.07, 6.45) is 14.0. The van der Waals surface area contributed by atoms with Crippen molar-refractivity contribution in [1.82, 2.24) is 9.38 Å². The van der Waals surface area contributed by atoms with E-state index in [0.717, 1.165) is 18.0 Å². The summed E-state index contributed by atoms with van der Waals surface area (Å²) < 4.78 is 2.04. The summed E-state index contributed by atoms with van der Waals surface area (Å²) in [5, 5.41) is 0. The van der Waals surface area contributed by atoms with Crippen molar-refractivity contribution in [3.05, 3.63) is 48.4 Å². The van der Waals surface area contributed by atoms with Crippen LogP contribution >= 0.6 is 0 Å². The number of rotatable bonds is 2. The van der Waals surface area contributed by atoms with Gasteiger partial charge in [-0.25, -0.2) is 4.98 Å². The molecule has 0 amide bonds. The third kappa shape index (κ3) is 3.72. The van der Waals surface area contributed by atoms with Crippen LogP contribution < -0.4 is 0 Å². The lowest BCUT2D eigenvalue weighted by Gasteiger charge is -2.21. The Kier molecular flexibility index (Phi) is 5.40. The molecule has 0 aromatic carbocycles. The Labute approximate surface area is 124 Å². The monoisotopic (exact) mass is 272 g/mol. The zero-order valence-electron chi connectivity index (χ0n) is 12.8. The van der Waals surface area contributed by atoms with Gasteiger partial charge in [-0.05, 0) is 43.7 Å². The van der Waals surface area contributed by atoms with E-state index in [1.165, 1.54) is 43.2 Å². The molecule has 0 aliphatic heterocycles. The summed E-state index contributed by atoms with van der Waals surface area (Å²) in [6.45, 7) is 8.28. The van der Waals surface area contributed by atoms with Crippen molar-refractivity contribution in [3.8, 4) is 0 Å². The Hall–Kier alpha value is -1.57. The first-order valence-corrected chi connectivity index (χ1v) is 7.78. The second kappa shape index (κ2) is 7.28. The van der Waals surface area contributed by atoms with Gasteiger partial charge in [0.25, 0.3) is 0 Å². The molecule has 2 aromatic heterocycles. The minimum Gasteiger partial charge on any atom is -0.307 e. The smallest absolute Gasteiger partial charge is 0.139 e. The van der Waals surface area contributed by atoms with E-state index in [1.807, 2.05) is 29.1 Å². The molecule has 2 nitrogen and oxygen atoms in total. The van der Waals surface area contributed by atoms with Crippen LogP contribution in [0.3, 0.4) is 0 Å². The Bertz CT molecular complexity index is 553. The number of pyridine rings is 1. The lowest BCUT2D eigenvalue weighted by molar-refractivity contribution is 0.404. The van der Waals surface area contributed by atoms with E-state index in [2.05, 4.69) is 31.5 Å². The minimum atomic E-state index is 0. The second-order valence-electron chi connectivity index (χ2n) is 5.73. The molecule has 2 aromatic rings. The molecule has 110 valence electrons. The van der Waals surface area contributed by atoms with Gasteiger partial charge in [-0.1, -0.05) is 44.4 Å². The molecule has 20 heavy (non-hydrogen) atoms. The van der Waals surface area contributed by atoms with Crippen molar-refractivity contribution in [2.45, 2.75) is 52.4 Å². The molecule has 1 saturated carbocycles. The van der Waals surface area contributed by atoms with Crippen molar-refractivity contribution in [2.24, 2.45) is 5.92 Å². The largest absolute Gasteiger partial charge is 0.307 e. The summed E-state index contributed by atoms with van der Waals surface area (Å²) >= 11 is 0. The quantitative estimate of drug-likeness (QED) is 0.679. The van der Waals surface area contributed by atoms with Crippen LogP contribution in [0.1, 0.15) is 52.9 Å².